The van der Waals surface area contributed by atoms with Gasteiger partial charge in [0.15, 0.2) is 0 Å². The van der Waals surface area contributed by atoms with E-state index in [9.17, 15) is 0 Å². The van der Waals surface area contributed by atoms with Gasteiger partial charge >= 0.3 is 0 Å². The fourth-order valence-electron chi connectivity index (χ4n) is 1.77. The van der Waals surface area contributed by atoms with Crippen molar-refractivity contribution in [2.45, 2.75) is 12.8 Å². The molecule has 0 fully saturated rings. The summed E-state index contributed by atoms with van der Waals surface area (Å²) in [6.45, 7) is 0.714. The molecule has 2 aromatic carbocycles. The third-order valence-electron chi connectivity index (χ3n) is 2.63. The molecular formula is C15H16BrNO. The molecule has 0 aliphatic carbocycles. The van der Waals surface area contributed by atoms with E-state index in [0.29, 0.717) is 6.61 Å². The molecule has 2 aromatic rings. The van der Waals surface area contributed by atoms with Gasteiger partial charge in [-0.05, 0) is 48.7 Å². The Hall–Kier alpha value is -1.48. The van der Waals surface area contributed by atoms with E-state index in [1.807, 2.05) is 42.5 Å². The molecule has 0 heterocycles. The Kier molecular flexibility index (Phi) is 4.65. The smallest absolute Gasteiger partial charge is 0.120 e. The second-order valence-corrected chi connectivity index (χ2v) is 5.07. The van der Waals surface area contributed by atoms with Crippen LogP contribution in [0.15, 0.2) is 53.0 Å². The van der Waals surface area contributed by atoms with E-state index in [1.165, 1.54) is 5.56 Å². The molecule has 0 aliphatic rings. The van der Waals surface area contributed by atoms with E-state index in [0.717, 1.165) is 28.8 Å². The van der Waals surface area contributed by atoms with Crippen molar-refractivity contribution in [3.8, 4) is 5.75 Å². The lowest BCUT2D eigenvalue weighted by atomic mass is 10.1. The fraction of sp³-hybridized carbons (Fsp3) is 0.200. The summed E-state index contributed by atoms with van der Waals surface area (Å²) < 4.78 is 6.72. The van der Waals surface area contributed by atoms with Crippen LogP contribution in [0.4, 0.5) is 5.69 Å². The fourth-order valence-corrected chi connectivity index (χ4v) is 2.15. The van der Waals surface area contributed by atoms with Gasteiger partial charge < -0.3 is 10.5 Å². The SMILES string of the molecule is Nc1cccc(CCCOc2cccc(Br)c2)c1. The maximum absolute atomic E-state index is 5.73. The number of nitrogen functional groups attached to an aromatic ring is 1. The molecule has 2 N–H and O–H groups in total. The van der Waals surface area contributed by atoms with Crippen molar-refractivity contribution in [2.75, 3.05) is 12.3 Å². The van der Waals surface area contributed by atoms with Crippen molar-refractivity contribution in [3.63, 3.8) is 0 Å². The molecule has 2 rings (SSSR count). The monoisotopic (exact) mass is 305 g/mol. The van der Waals surface area contributed by atoms with E-state index in [4.69, 9.17) is 10.5 Å². The molecule has 0 amide bonds. The number of halogens is 1. The molecule has 0 spiro atoms. The first-order valence-electron chi connectivity index (χ1n) is 5.97. The second-order valence-electron chi connectivity index (χ2n) is 4.15. The minimum atomic E-state index is 0.714. The molecule has 3 heteroatoms. The lowest BCUT2D eigenvalue weighted by Crippen LogP contribution is -1.99. The van der Waals surface area contributed by atoms with Crippen molar-refractivity contribution in [1.82, 2.24) is 0 Å². The van der Waals surface area contributed by atoms with Crippen molar-refractivity contribution in [3.05, 3.63) is 58.6 Å². The summed E-state index contributed by atoms with van der Waals surface area (Å²) in [7, 11) is 0. The van der Waals surface area contributed by atoms with E-state index in [-0.39, 0.29) is 0 Å². The van der Waals surface area contributed by atoms with Crippen LogP contribution < -0.4 is 10.5 Å². The molecule has 0 aromatic heterocycles. The quantitative estimate of drug-likeness (QED) is 0.668. The Labute approximate surface area is 116 Å². The van der Waals surface area contributed by atoms with Crippen LogP contribution in [0.3, 0.4) is 0 Å². The van der Waals surface area contributed by atoms with Crippen molar-refractivity contribution >= 4 is 21.6 Å². The highest BCUT2D eigenvalue weighted by Crippen LogP contribution is 2.18. The summed E-state index contributed by atoms with van der Waals surface area (Å²) in [4.78, 5) is 0. The first kappa shape index (κ1) is 13.0. The van der Waals surface area contributed by atoms with Gasteiger partial charge in [-0.3, -0.25) is 0 Å². The predicted molar refractivity (Wildman–Crippen MR) is 78.8 cm³/mol. The third kappa shape index (κ3) is 4.08. The van der Waals surface area contributed by atoms with Gasteiger partial charge in [0.1, 0.15) is 5.75 Å². The predicted octanol–water partition coefficient (Wildman–Crippen LogP) is 4.04. The van der Waals surface area contributed by atoms with Gasteiger partial charge in [0.25, 0.3) is 0 Å². The zero-order valence-electron chi connectivity index (χ0n) is 10.1. The molecule has 0 unspecified atom stereocenters. The standard InChI is InChI=1S/C15H16BrNO/c16-13-6-2-8-15(11-13)18-9-3-5-12-4-1-7-14(17)10-12/h1-2,4,6-8,10-11H,3,5,9,17H2. The second kappa shape index (κ2) is 6.45. The molecule has 0 radical (unpaired) electrons. The van der Waals surface area contributed by atoms with Crippen LogP contribution in [-0.2, 0) is 6.42 Å². The lowest BCUT2D eigenvalue weighted by molar-refractivity contribution is 0.311. The van der Waals surface area contributed by atoms with Gasteiger partial charge in [-0.15, -0.1) is 0 Å². The minimum absolute atomic E-state index is 0.714. The summed E-state index contributed by atoms with van der Waals surface area (Å²) in [6.07, 6.45) is 1.97. The minimum Gasteiger partial charge on any atom is -0.494 e. The van der Waals surface area contributed by atoms with E-state index >= 15 is 0 Å². The van der Waals surface area contributed by atoms with Crippen LogP contribution in [0.25, 0.3) is 0 Å². The highest BCUT2D eigenvalue weighted by molar-refractivity contribution is 9.10. The van der Waals surface area contributed by atoms with Gasteiger partial charge in [0.2, 0.25) is 0 Å². The van der Waals surface area contributed by atoms with E-state index in [2.05, 4.69) is 22.0 Å². The van der Waals surface area contributed by atoms with Crippen molar-refractivity contribution in [2.24, 2.45) is 0 Å². The number of hydrogen-bond donors (Lipinski definition) is 1. The molecular weight excluding hydrogens is 290 g/mol. The first-order valence-corrected chi connectivity index (χ1v) is 6.76. The number of benzene rings is 2. The zero-order valence-corrected chi connectivity index (χ0v) is 11.7. The number of ether oxygens (including phenoxy) is 1. The largest absolute Gasteiger partial charge is 0.494 e. The van der Waals surface area contributed by atoms with Gasteiger partial charge in [0.05, 0.1) is 6.61 Å². The van der Waals surface area contributed by atoms with Gasteiger partial charge in [-0.1, -0.05) is 34.1 Å². The Balaban J connectivity index is 1.76. The van der Waals surface area contributed by atoms with Crippen LogP contribution in [0, 0.1) is 0 Å². The van der Waals surface area contributed by atoms with Gasteiger partial charge in [0, 0.05) is 10.2 Å². The molecule has 0 atom stereocenters. The highest BCUT2D eigenvalue weighted by atomic mass is 79.9. The lowest BCUT2D eigenvalue weighted by Gasteiger charge is -2.06. The van der Waals surface area contributed by atoms with Crippen LogP contribution in [-0.4, -0.2) is 6.61 Å². The third-order valence-corrected chi connectivity index (χ3v) is 3.12. The summed E-state index contributed by atoms with van der Waals surface area (Å²) in [5, 5.41) is 0. The molecule has 0 saturated carbocycles. The topological polar surface area (TPSA) is 35.2 Å². The van der Waals surface area contributed by atoms with Crippen molar-refractivity contribution < 1.29 is 4.74 Å². The average Bonchev–Trinajstić information content (AvgIpc) is 2.35. The average molecular weight is 306 g/mol. The molecule has 0 bridgehead atoms. The number of nitrogens with two attached hydrogens (primary N) is 1. The Morgan fingerprint density at radius 2 is 1.89 bits per heavy atom. The summed E-state index contributed by atoms with van der Waals surface area (Å²) in [5.74, 6) is 0.900. The maximum atomic E-state index is 5.73. The Morgan fingerprint density at radius 1 is 1.06 bits per heavy atom. The summed E-state index contributed by atoms with van der Waals surface area (Å²) in [6, 6.07) is 15.9. The Bertz CT molecular complexity index is 466. The van der Waals surface area contributed by atoms with Crippen LogP contribution in [0.1, 0.15) is 12.0 Å². The van der Waals surface area contributed by atoms with Crippen molar-refractivity contribution in [1.29, 1.82) is 0 Å². The van der Waals surface area contributed by atoms with E-state index < -0.39 is 0 Å². The molecule has 18 heavy (non-hydrogen) atoms. The number of rotatable bonds is 5. The molecule has 0 saturated heterocycles. The highest BCUT2D eigenvalue weighted by Gasteiger charge is 1.97. The van der Waals surface area contributed by atoms with E-state index in [1.54, 1.807) is 0 Å². The Morgan fingerprint density at radius 3 is 2.67 bits per heavy atom. The van der Waals surface area contributed by atoms with Gasteiger partial charge in [-0.25, -0.2) is 0 Å². The van der Waals surface area contributed by atoms with Crippen LogP contribution in [0.5, 0.6) is 5.75 Å². The summed E-state index contributed by atoms with van der Waals surface area (Å²) >= 11 is 3.42. The summed E-state index contributed by atoms with van der Waals surface area (Å²) in [5.41, 5.74) is 7.81. The number of aryl methyl sites for hydroxylation is 1. The van der Waals surface area contributed by atoms with Gasteiger partial charge in [-0.2, -0.15) is 0 Å². The molecule has 0 aliphatic heterocycles. The normalized spacial score (nSPS) is 10.3. The maximum Gasteiger partial charge on any atom is 0.120 e. The first-order chi connectivity index (χ1) is 8.74. The van der Waals surface area contributed by atoms with Crippen LogP contribution in [0.2, 0.25) is 0 Å². The molecule has 94 valence electrons. The molecule has 2 nitrogen and oxygen atoms in total. The number of hydrogen-bond acceptors (Lipinski definition) is 2. The van der Waals surface area contributed by atoms with Crippen LogP contribution >= 0.6 is 15.9 Å². The number of anilines is 1. The zero-order chi connectivity index (χ0) is 12.8.